The molecule has 22 heavy (non-hydrogen) atoms. The highest BCUT2D eigenvalue weighted by molar-refractivity contribution is 5.44. The van der Waals surface area contributed by atoms with Gasteiger partial charge in [0.15, 0.2) is 0 Å². The lowest BCUT2D eigenvalue weighted by molar-refractivity contribution is 0.00797. The van der Waals surface area contributed by atoms with Gasteiger partial charge >= 0.3 is 6.47 Å². The molecule has 3 heteroatoms. The molecule has 0 aromatic heterocycles. The topological polar surface area (TPSA) is 35.5 Å². The van der Waals surface area contributed by atoms with Crippen molar-refractivity contribution in [3.05, 3.63) is 29.3 Å². The van der Waals surface area contributed by atoms with Gasteiger partial charge in [0.1, 0.15) is 5.75 Å². The quantitative estimate of drug-likeness (QED) is 0.643. The van der Waals surface area contributed by atoms with E-state index in [1.54, 1.807) is 6.92 Å². The van der Waals surface area contributed by atoms with E-state index in [1.807, 2.05) is 6.07 Å². The number of rotatable bonds is 8. The van der Waals surface area contributed by atoms with Crippen molar-refractivity contribution >= 4 is 6.47 Å². The average Bonchev–Trinajstić information content (AvgIpc) is 2.47. The Hall–Kier alpha value is -1.51. The summed E-state index contributed by atoms with van der Waals surface area (Å²) < 4.78 is 10.5. The minimum Gasteiger partial charge on any atom is -0.455 e. The molecule has 1 radical (unpaired) electrons. The molecule has 0 aliphatic rings. The molecular weight excluding hydrogens is 276 g/mol. The van der Waals surface area contributed by atoms with Crippen molar-refractivity contribution in [2.24, 2.45) is 0 Å². The van der Waals surface area contributed by atoms with Gasteiger partial charge in [-0.05, 0) is 35.3 Å². The van der Waals surface area contributed by atoms with Crippen molar-refractivity contribution < 1.29 is 14.3 Å². The summed E-state index contributed by atoms with van der Waals surface area (Å²) in [5, 5.41) is 0. The molecule has 0 aliphatic carbocycles. The summed E-state index contributed by atoms with van der Waals surface area (Å²) in [5.41, 5.74) is 2.56. The molecule has 0 fully saturated rings. The zero-order chi connectivity index (χ0) is 17.0. The van der Waals surface area contributed by atoms with Crippen LogP contribution in [0.15, 0.2) is 18.2 Å². The standard InChI is InChI=1S/C19H29O3/c1-8-18(4,5)15-10-11-17(22-14(3)21-13-20)16(12-15)19(6,7)9-2/h10-12,14H,8-9H2,1-7H3. The fourth-order valence-corrected chi connectivity index (χ4v) is 2.25. The second-order valence-corrected chi connectivity index (χ2v) is 7.07. The number of carbonyl (C=O) groups excluding carboxylic acids is 1. The second-order valence-electron chi connectivity index (χ2n) is 7.07. The highest BCUT2D eigenvalue weighted by Crippen LogP contribution is 2.38. The first kappa shape index (κ1) is 18.5. The van der Waals surface area contributed by atoms with E-state index >= 15 is 0 Å². The largest absolute Gasteiger partial charge is 0.455 e. The number of benzene rings is 1. The lowest BCUT2D eigenvalue weighted by Gasteiger charge is -2.31. The highest BCUT2D eigenvalue weighted by Gasteiger charge is 2.27. The van der Waals surface area contributed by atoms with Crippen molar-refractivity contribution in [2.75, 3.05) is 0 Å². The van der Waals surface area contributed by atoms with Gasteiger partial charge in [-0.3, -0.25) is 0 Å². The van der Waals surface area contributed by atoms with Crippen LogP contribution in [0.1, 0.15) is 72.4 Å². The van der Waals surface area contributed by atoms with E-state index in [-0.39, 0.29) is 10.8 Å². The molecular formula is C19H29O3. The maximum atomic E-state index is 10.3. The lowest BCUT2D eigenvalue weighted by Crippen LogP contribution is -2.23. The summed E-state index contributed by atoms with van der Waals surface area (Å²) in [5.74, 6) is 0.769. The minimum atomic E-state index is -0.644. The Morgan fingerprint density at radius 2 is 1.68 bits per heavy atom. The molecule has 0 saturated heterocycles. The molecule has 1 aromatic carbocycles. The SMILES string of the molecule is CCC(C)(C)c1ccc(OC(C)O[C]=O)c(C(C)(C)CC)c1. The zero-order valence-electron chi connectivity index (χ0n) is 14.9. The van der Waals surface area contributed by atoms with Crippen molar-refractivity contribution in [2.45, 2.75) is 78.4 Å². The van der Waals surface area contributed by atoms with Gasteiger partial charge in [-0.25, -0.2) is 4.79 Å². The molecule has 1 rings (SSSR count). The Labute approximate surface area is 135 Å². The van der Waals surface area contributed by atoms with Crippen molar-refractivity contribution in [1.29, 1.82) is 0 Å². The Morgan fingerprint density at radius 1 is 1.09 bits per heavy atom. The molecule has 0 aliphatic heterocycles. The normalized spacial score (nSPS) is 13.6. The summed E-state index contributed by atoms with van der Waals surface area (Å²) in [6.45, 7) is 16.4. The smallest absolute Gasteiger partial charge is 0.420 e. The first-order chi connectivity index (χ1) is 10.2. The number of hydrogen-bond acceptors (Lipinski definition) is 3. The molecule has 1 unspecified atom stereocenters. The summed E-state index contributed by atoms with van der Waals surface area (Å²) in [6.07, 6.45) is 1.42. The average molecular weight is 305 g/mol. The first-order valence-electron chi connectivity index (χ1n) is 8.02. The Bertz CT molecular complexity index is 503. The van der Waals surface area contributed by atoms with Gasteiger partial charge in [-0.15, -0.1) is 0 Å². The van der Waals surface area contributed by atoms with Crippen molar-refractivity contribution in [1.82, 2.24) is 0 Å². The molecule has 1 aromatic rings. The molecule has 3 nitrogen and oxygen atoms in total. The van der Waals surface area contributed by atoms with Crippen LogP contribution in [0, 0.1) is 0 Å². The Kier molecular flexibility index (Phi) is 6.04. The Balaban J connectivity index is 3.30. The minimum absolute atomic E-state index is 0.0141. The summed E-state index contributed by atoms with van der Waals surface area (Å²) >= 11 is 0. The van der Waals surface area contributed by atoms with Gasteiger partial charge < -0.3 is 9.47 Å². The summed E-state index contributed by atoms with van der Waals surface area (Å²) in [6, 6.07) is 6.33. The van der Waals surface area contributed by atoms with Crippen LogP contribution in [0.4, 0.5) is 0 Å². The van der Waals surface area contributed by atoms with Crippen LogP contribution < -0.4 is 4.74 Å². The third-order valence-corrected chi connectivity index (χ3v) is 4.76. The van der Waals surface area contributed by atoms with E-state index in [1.165, 1.54) is 12.0 Å². The zero-order valence-corrected chi connectivity index (χ0v) is 14.9. The molecule has 0 N–H and O–H groups in total. The van der Waals surface area contributed by atoms with Gasteiger partial charge in [0.25, 0.3) is 0 Å². The van der Waals surface area contributed by atoms with Crippen LogP contribution in [0.2, 0.25) is 0 Å². The van der Waals surface area contributed by atoms with Crippen LogP contribution in [-0.4, -0.2) is 12.8 Å². The molecule has 0 bridgehead atoms. The van der Waals surface area contributed by atoms with E-state index in [0.29, 0.717) is 0 Å². The first-order valence-corrected chi connectivity index (χ1v) is 8.02. The predicted octanol–water partition coefficient (Wildman–Crippen LogP) is 4.87. The fourth-order valence-electron chi connectivity index (χ4n) is 2.25. The van der Waals surface area contributed by atoms with Gasteiger partial charge in [0, 0.05) is 12.5 Å². The van der Waals surface area contributed by atoms with Crippen molar-refractivity contribution in [3.8, 4) is 5.75 Å². The number of ether oxygens (including phenoxy) is 2. The maximum absolute atomic E-state index is 10.3. The molecule has 0 saturated carbocycles. The Morgan fingerprint density at radius 3 is 2.18 bits per heavy atom. The van der Waals surface area contributed by atoms with Crippen molar-refractivity contribution in [3.63, 3.8) is 0 Å². The monoisotopic (exact) mass is 305 g/mol. The van der Waals surface area contributed by atoms with Gasteiger partial charge in [0.2, 0.25) is 6.29 Å². The van der Waals surface area contributed by atoms with Crippen LogP contribution in [0.25, 0.3) is 0 Å². The van der Waals surface area contributed by atoms with Crippen LogP contribution >= 0.6 is 0 Å². The predicted molar refractivity (Wildman–Crippen MR) is 89.9 cm³/mol. The molecule has 0 amide bonds. The second kappa shape index (κ2) is 7.17. The summed E-state index contributed by atoms with van der Waals surface area (Å²) in [7, 11) is 0. The van der Waals surface area contributed by atoms with Crippen LogP contribution in [-0.2, 0) is 20.4 Å². The van der Waals surface area contributed by atoms with Gasteiger partial charge in [-0.1, -0.05) is 53.7 Å². The maximum Gasteiger partial charge on any atom is 0.420 e. The third-order valence-electron chi connectivity index (χ3n) is 4.76. The van der Waals surface area contributed by atoms with E-state index in [0.717, 1.165) is 24.2 Å². The summed E-state index contributed by atoms with van der Waals surface area (Å²) in [4.78, 5) is 10.3. The number of hydrogen-bond donors (Lipinski definition) is 0. The lowest BCUT2D eigenvalue weighted by atomic mass is 9.76. The third kappa shape index (κ3) is 4.25. The van der Waals surface area contributed by atoms with E-state index < -0.39 is 6.29 Å². The van der Waals surface area contributed by atoms with Gasteiger partial charge in [0.05, 0.1) is 0 Å². The van der Waals surface area contributed by atoms with Gasteiger partial charge in [-0.2, -0.15) is 0 Å². The molecule has 123 valence electrons. The van der Waals surface area contributed by atoms with E-state index in [2.05, 4.69) is 53.7 Å². The molecule has 0 spiro atoms. The fraction of sp³-hybridized carbons (Fsp3) is 0.632. The van der Waals surface area contributed by atoms with Crippen LogP contribution in [0.5, 0.6) is 5.75 Å². The van der Waals surface area contributed by atoms with Crippen LogP contribution in [0.3, 0.4) is 0 Å². The molecule has 0 heterocycles. The highest BCUT2D eigenvalue weighted by atomic mass is 16.7. The van der Waals surface area contributed by atoms with E-state index in [9.17, 15) is 4.79 Å². The van der Waals surface area contributed by atoms with E-state index in [4.69, 9.17) is 9.47 Å². The molecule has 1 atom stereocenters.